The van der Waals surface area contributed by atoms with Gasteiger partial charge in [0.25, 0.3) is 5.91 Å². The Kier molecular flexibility index (Phi) is 5.64. The SMILES string of the molecule is CCC1(C)Cc2c(C(=O)Nc3[c-]cccc3)ccc(C)c2O1.[Y]. The summed E-state index contributed by atoms with van der Waals surface area (Å²) in [6.07, 6.45) is 1.68. The Hall–Kier alpha value is -1.19. The number of carbonyl (C=O) groups excluding carboxylic acids is 1. The minimum absolute atomic E-state index is 0. The van der Waals surface area contributed by atoms with Gasteiger partial charge in [-0.25, -0.2) is 0 Å². The van der Waals surface area contributed by atoms with Gasteiger partial charge in [0.05, 0.1) is 0 Å². The number of ether oxygens (including phenoxy) is 1. The summed E-state index contributed by atoms with van der Waals surface area (Å²) >= 11 is 0. The minimum atomic E-state index is -0.220. The van der Waals surface area contributed by atoms with E-state index in [2.05, 4.69) is 25.2 Å². The quantitative estimate of drug-likeness (QED) is 0.809. The van der Waals surface area contributed by atoms with E-state index in [-0.39, 0.29) is 44.2 Å². The summed E-state index contributed by atoms with van der Waals surface area (Å²) in [4.78, 5) is 12.6. The minimum Gasteiger partial charge on any atom is -0.487 e. The van der Waals surface area contributed by atoms with Crippen LogP contribution in [0.15, 0.2) is 36.4 Å². The van der Waals surface area contributed by atoms with Crippen molar-refractivity contribution >= 4 is 11.6 Å². The van der Waals surface area contributed by atoms with Gasteiger partial charge in [-0.15, -0.1) is 6.07 Å². The zero-order valence-corrected chi connectivity index (χ0v) is 16.6. The second kappa shape index (κ2) is 7.15. The molecule has 1 amide bonds. The average molecular weight is 383 g/mol. The van der Waals surface area contributed by atoms with Crippen molar-refractivity contribution in [2.24, 2.45) is 0 Å². The molecule has 4 heteroatoms. The van der Waals surface area contributed by atoms with Gasteiger partial charge in [-0.05, 0) is 31.9 Å². The fraction of sp³-hybridized carbons (Fsp3) is 0.316. The van der Waals surface area contributed by atoms with Gasteiger partial charge < -0.3 is 10.1 Å². The molecular weight excluding hydrogens is 363 g/mol. The van der Waals surface area contributed by atoms with E-state index >= 15 is 0 Å². The Morgan fingerprint density at radius 1 is 1.35 bits per heavy atom. The molecule has 2 aromatic carbocycles. The molecule has 117 valence electrons. The van der Waals surface area contributed by atoms with Crippen LogP contribution >= 0.6 is 0 Å². The average Bonchev–Trinajstić information content (AvgIpc) is 2.88. The summed E-state index contributed by atoms with van der Waals surface area (Å²) in [5.74, 6) is 0.761. The number of nitrogens with one attached hydrogen (secondary N) is 1. The first-order chi connectivity index (χ1) is 10.5. The van der Waals surface area contributed by atoms with Crippen molar-refractivity contribution in [2.45, 2.75) is 39.2 Å². The van der Waals surface area contributed by atoms with Gasteiger partial charge in [-0.1, -0.05) is 18.7 Å². The van der Waals surface area contributed by atoms with Gasteiger partial charge in [0, 0.05) is 50.3 Å². The standard InChI is InChI=1S/C19H20NO2.Y/c1-4-19(3)12-16-15(11-10-13(2)17(16)22-19)18(21)20-14-8-6-5-7-9-14;/h5-8,10-11H,4,12H2,1-3H3,(H,20,21);/q-1;. The molecule has 1 unspecified atom stereocenters. The number of aryl methyl sites for hydroxylation is 1. The molecule has 3 nitrogen and oxygen atoms in total. The summed E-state index contributed by atoms with van der Waals surface area (Å²) in [5, 5.41) is 2.90. The third-order valence-corrected chi connectivity index (χ3v) is 4.31. The number of hydrogen-bond donors (Lipinski definition) is 1. The number of rotatable bonds is 3. The van der Waals surface area contributed by atoms with E-state index < -0.39 is 0 Å². The number of fused-ring (bicyclic) bond motifs is 1. The smallest absolute Gasteiger partial charge is 0.254 e. The second-order valence-corrected chi connectivity index (χ2v) is 6.05. The normalized spacial score (nSPS) is 18.6. The largest absolute Gasteiger partial charge is 0.487 e. The van der Waals surface area contributed by atoms with E-state index in [9.17, 15) is 4.79 Å². The van der Waals surface area contributed by atoms with Crippen LogP contribution in [0, 0.1) is 13.0 Å². The summed E-state index contributed by atoms with van der Waals surface area (Å²) < 4.78 is 6.13. The molecule has 0 spiro atoms. The first kappa shape index (κ1) is 18.2. The van der Waals surface area contributed by atoms with Crippen LogP contribution in [0.1, 0.15) is 41.8 Å². The molecule has 1 heterocycles. The number of hydrogen-bond acceptors (Lipinski definition) is 2. The van der Waals surface area contributed by atoms with Gasteiger partial charge in [0.15, 0.2) is 0 Å². The van der Waals surface area contributed by atoms with E-state index in [1.807, 2.05) is 37.3 Å². The van der Waals surface area contributed by atoms with E-state index in [0.29, 0.717) is 11.3 Å². The first-order valence-electron chi connectivity index (χ1n) is 7.62. The van der Waals surface area contributed by atoms with Gasteiger partial charge >= 0.3 is 0 Å². The number of anilines is 1. The number of benzene rings is 2. The van der Waals surface area contributed by atoms with Crippen LogP contribution in [0.25, 0.3) is 0 Å². The maximum atomic E-state index is 12.6. The summed E-state index contributed by atoms with van der Waals surface area (Å²) in [6.45, 7) is 6.23. The Balaban J connectivity index is 0.00000192. The number of amides is 1. The Labute approximate surface area is 162 Å². The van der Waals surface area contributed by atoms with E-state index in [4.69, 9.17) is 4.74 Å². The molecule has 1 radical (unpaired) electrons. The molecule has 0 saturated carbocycles. The van der Waals surface area contributed by atoms with Crippen molar-refractivity contribution in [1.82, 2.24) is 0 Å². The Morgan fingerprint density at radius 3 is 2.78 bits per heavy atom. The molecule has 2 aromatic rings. The maximum Gasteiger partial charge on any atom is 0.254 e. The molecule has 0 aliphatic carbocycles. The molecular formula is C19H20NO2Y-. The predicted octanol–water partition coefficient (Wildman–Crippen LogP) is 4.15. The molecule has 1 aliphatic heterocycles. The molecule has 3 rings (SSSR count). The molecule has 1 aliphatic rings. The summed E-state index contributed by atoms with van der Waals surface area (Å²) in [7, 11) is 0. The van der Waals surface area contributed by atoms with Crippen molar-refractivity contribution in [1.29, 1.82) is 0 Å². The van der Waals surface area contributed by atoms with Crippen LogP contribution in [-0.2, 0) is 39.1 Å². The van der Waals surface area contributed by atoms with Gasteiger partial charge in [0.2, 0.25) is 0 Å². The molecule has 0 saturated heterocycles. The van der Waals surface area contributed by atoms with Crippen molar-refractivity contribution in [2.75, 3.05) is 5.32 Å². The Morgan fingerprint density at radius 2 is 2.13 bits per heavy atom. The molecule has 0 fully saturated rings. The van der Waals surface area contributed by atoms with E-state index in [0.717, 1.165) is 29.7 Å². The topological polar surface area (TPSA) is 38.3 Å². The van der Waals surface area contributed by atoms with Crippen LogP contribution in [0.2, 0.25) is 0 Å². The van der Waals surface area contributed by atoms with Crippen LogP contribution in [0.3, 0.4) is 0 Å². The fourth-order valence-electron chi connectivity index (χ4n) is 2.79. The first-order valence-corrected chi connectivity index (χ1v) is 7.62. The van der Waals surface area contributed by atoms with Crippen LogP contribution in [0.4, 0.5) is 5.69 Å². The van der Waals surface area contributed by atoms with Crippen LogP contribution in [0.5, 0.6) is 5.75 Å². The van der Waals surface area contributed by atoms with Crippen molar-refractivity contribution < 1.29 is 42.2 Å². The van der Waals surface area contributed by atoms with E-state index in [1.165, 1.54) is 0 Å². The Bertz CT molecular complexity index is 715. The molecule has 0 bridgehead atoms. The fourth-order valence-corrected chi connectivity index (χ4v) is 2.79. The second-order valence-electron chi connectivity index (χ2n) is 6.05. The molecule has 23 heavy (non-hydrogen) atoms. The summed E-state index contributed by atoms with van der Waals surface area (Å²) in [5.41, 5.74) is 3.24. The van der Waals surface area contributed by atoms with Gasteiger partial charge in [-0.2, -0.15) is 24.3 Å². The third kappa shape index (κ3) is 3.67. The maximum absolute atomic E-state index is 12.6. The third-order valence-electron chi connectivity index (χ3n) is 4.31. The zero-order valence-electron chi connectivity index (χ0n) is 13.8. The van der Waals surface area contributed by atoms with Crippen LogP contribution in [-0.4, -0.2) is 11.5 Å². The molecule has 1 atom stereocenters. The van der Waals surface area contributed by atoms with Crippen LogP contribution < -0.4 is 10.1 Å². The predicted molar refractivity (Wildman–Crippen MR) is 87.4 cm³/mol. The number of carbonyl (C=O) groups is 1. The zero-order chi connectivity index (χ0) is 15.7. The number of para-hydroxylation sites is 1. The monoisotopic (exact) mass is 383 g/mol. The van der Waals surface area contributed by atoms with Crippen molar-refractivity contribution in [3.05, 3.63) is 59.2 Å². The summed E-state index contributed by atoms with van der Waals surface area (Å²) in [6, 6.07) is 14.2. The van der Waals surface area contributed by atoms with Gasteiger partial charge in [0.1, 0.15) is 11.4 Å². The van der Waals surface area contributed by atoms with Gasteiger partial charge in [-0.3, -0.25) is 4.79 Å². The van der Waals surface area contributed by atoms with Crippen molar-refractivity contribution in [3.63, 3.8) is 0 Å². The van der Waals surface area contributed by atoms with Crippen molar-refractivity contribution in [3.8, 4) is 5.75 Å². The molecule has 1 N–H and O–H groups in total. The van der Waals surface area contributed by atoms with E-state index in [1.54, 1.807) is 6.07 Å². The molecule has 0 aromatic heterocycles.